The SMILES string of the molecule is Cc1ccnc(-n2ncc(CNC(C)C)c2C(C)C)c1. The summed E-state index contributed by atoms with van der Waals surface area (Å²) in [6.07, 6.45) is 3.79. The van der Waals surface area contributed by atoms with Crippen LogP contribution in [0.2, 0.25) is 0 Å². The molecule has 0 aliphatic carbocycles. The molecule has 20 heavy (non-hydrogen) atoms. The molecule has 0 fully saturated rings. The predicted molar refractivity (Wildman–Crippen MR) is 82.2 cm³/mol. The van der Waals surface area contributed by atoms with E-state index >= 15 is 0 Å². The van der Waals surface area contributed by atoms with Crippen LogP contribution in [0.4, 0.5) is 0 Å². The number of aryl methyl sites for hydroxylation is 1. The summed E-state index contributed by atoms with van der Waals surface area (Å²) in [7, 11) is 0. The van der Waals surface area contributed by atoms with Crippen molar-refractivity contribution in [3.8, 4) is 5.82 Å². The molecular weight excluding hydrogens is 248 g/mol. The highest BCUT2D eigenvalue weighted by Crippen LogP contribution is 2.22. The highest BCUT2D eigenvalue weighted by molar-refractivity contribution is 5.33. The van der Waals surface area contributed by atoms with Gasteiger partial charge in [0.1, 0.15) is 0 Å². The van der Waals surface area contributed by atoms with Gasteiger partial charge in [0, 0.05) is 24.3 Å². The number of rotatable bonds is 5. The topological polar surface area (TPSA) is 42.7 Å². The summed E-state index contributed by atoms with van der Waals surface area (Å²) < 4.78 is 1.97. The quantitative estimate of drug-likeness (QED) is 0.909. The van der Waals surface area contributed by atoms with E-state index in [4.69, 9.17) is 0 Å². The van der Waals surface area contributed by atoms with E-state index in [-0.39, 0.29) is 0 Å². The Labute approximate surface area is 121 Å². The lowest BCUT2D eigenvalue weighted by atomic mass is 10.1. The summed E-state index contributed by atoms with van der Waals surface area (Å²) in [5.41, 5.74) is 3.68. The van der Waals surface area contributed by atoms with E-state index in [0.717, 1.165) is 12.4 Å². The van der Waals surface area contributed by atoms with Crippen molar-refractivity contribution in [2.45, 2.75) is 53.1 Å². The summed E-state index contributed by atoms with van der Waals surface area (Å²) in [5.74, 6) is 1.30. The van der Waals surface area contributed by atoms with E-state index < -0.39 is 0 Å². The van der Waals surface area contributed by atoms with Crippen LogP contribution in [0.25, 0.3) is 5.82 Å². The molecule has 0 spiro atoms. The van der Waals surface area contributed by atoms with Crippen molar-refractivity contribution in [1.82, 2.24) is 20.1 Å². The van der Waals surface area contributed by atoms with Crippen molar-refractivity contribution in [2.24, 2.45) is 0 Å². The van der Waals surface area contributed by atoms with E-state index in [1.165, 1.54) is 16.8 Å². The predicted octanol–water partition coefficient (Wildman–Crippen LogP) is 3.20. The van der Waals surface area contributed by atoms with Gasteiger partial charge in [-0.2, -0.15) is 5.10 Å². The van der Waals surface area contributed by atoms with Gasteiger partial charge in [0.25, 0.3) is 0 Å². The standard InChI is InChI=1S/C16H24N4/c1-11(2)16-14(9-18-12(3)4)10-19-20(16)15-8-13(5)6-7-17-15/h6-8,10-12,18H,9H2,1-5H3. The number of hydrogen-bond acceptors (Lipinski definition) is 3. The van der Waals surface area contributed by atoms with Crippen LogP contribution < -0.4 is 5.32 Å². The molecule has 4 heteroatoms. The van der Waals surface area contributed by atoms with Crippen LogP contribution in [0.3, 0.4) is 0 Å². The van der Waals surface area contributed by atoms with Gasteiger partial charge in [-0.3, -0.25) is 0 Å². The minimum atomic E-state index is 0.406. The Morgan fingerprint density at radius 3 is 2.60 bits per heavy atom. The smallest absolute Gasteiger partial charge is 0.153 e. The Kier molecular flexibility index (Phi) is 4.55. The van der Waals surface area contributed by atoms with Gasteiger partial charge >= 0.3 is 0 Å². The van der Waals surface area contributed by atoms with E-state index in [1.54, 1.807) is 0 Å². The first kappa shape index (κ1) is 14.7. The molecule has 0 aliphatic heterocycles. The first-order valence-electron chi connectivity index (χ1n) is 7.22. The lowest BCUT2D eigenvalue weighted by molar-refractivity contribution is 0.582. The maximum Gasteiger partial charge on any atom is 0.153 e. The van der Waals surface area contributed by atoms with Gasteiger partial charge in [-0.1, -0.05) is 27.7 Å². The van der Waals surface area contributed by atoms with Gasteiger partial charge in [-0.05, 0) is 30.5 Å². The number of nitrogens with one attached hydrogen (secondary N) is 1. The van der Waals surface area contributed by atoms with Crippen molar-refractivity contribution in [1.29, 1.82) is 0 Å². The van der Waals surface area contributed by atoms with E-state index in [0.29, 0.717) is 12.0 Å². The Bertz CT molecular complexity index is 570. The molecule has 4 nitrogen and oxygen atoms in total. The second-order valence-electron chi connectivity index (χ2n) is 5.85. The number of nitrogens with zero attached hydrogens (tertiary/aromatic N) is 3. The van der Waals surface area contributed by atoms with Crippen molar-refractivity contribution >= 4 is 0 Å². The van der Waals surface area contributed by atoms with E-state index in [9.17, 15) is 0 Å². The fraction of sp³-hybridized carbons (Fsp3) is 0.500. The molecule has 0 unspecified atom stereocenters. The van der Waals surface area contributed by atoms with E-state index in [2.05, 4.69) is 56.1 Å². The summed E-state index contributed by atoms with van der Waals surface area (Å²) in [6.45, 7) is 11.6. The molecule has 2 rings (SSSR count). The van der Waals surface area contributed by atoms with Crippen molar-refractivity contribution in [3.63, 3.8) is 0 Å². The molecule has 0 atom stereocenters. The van der Waals surface area contributed by atoms with Crippen LogP contribution in [0, 0.1) is 6.92 Å². The van der Waals surface area contributed by atoms with Crippen LogP contribution >= 0.6 is 0 Å². The number of aromatic nitrogens is 3. The second kappa shape index (κ2) is 6.18. The first-order valence-corrected chi connectivity index (χ1v) is 7.22. The summed E-state index contributed by atoms with van der Waals surface area (Å²) in [4.78, 5) is 4.44. The van der Waals surface area contributed by atoms with Crippen molar-refractivity contribution < 1.29 is 0 Å². The van der Waals surface area contributed by atoms with Gasteiger partial charge in [0.15, 0.2) is 5.82 Å². The fourth-order valence-corrected chi connectivity index (χ4v) is 2.28. The van der Waals surface area contributed by atoms with Crippen LogP contribution in [-0.4, -0.2) is 20.8 Å². The minimum absolute atomic E-state index is 0.406. The van der Waals surface area contributed by atoms with Gasteiger partial charge in [0.2, 0.25) is 0 Å². The van der Waals surface area contributed by atoms with Crippen LogP contribution in [0.5, 0.6) is 0 Å². The molecule has 2 aromatic rings. The highest BCUT2D eigenvalue weighted by atomic mass is 15.3. The molecule has 0 aliphatic rings. The van der Waals surface area contributed by atoms with E-state index in [1.807, 2.05) is 23.1 Å². The van der Waals surface area contributed by atoms with Crippen molar-refractivity contribution in [3.05, 3.63) is 41.3 Å². The Balaban J connectivity index is 2.39. The first-order chi connectivity index (χ1) is 9.49. The largest absolute Gasteiger partial charge is 0.310 e. The molecule has 0 radical (unpaired) electrons. The third-order valence-electron chi connectivity index (χ3n) is 3.25. The summed E-state index contributed by atoms with van der Waals surface area (Å²) in [5, 5.41) is 8.00. The summed E-state index contributed by atoms with van der Waals surface area (Å²) >= 11 is 0. The molecule has 2 aromatic heterocycles. The molecule has 0 saturated heterocycles. The fourth-order valence-electron chi connectivity index (χ4n) is 2.28. The third-order valence-corrected chi connectivity index (χ3v) is 3.25. The maximum atomic E-state index is 4.54. The molecule has 1 N–H and O–H groups in total. The van der Waals surface area contributed by atoms with Gasteiger partial charge in [-0.25, -0.2) is 9.67 Å². The monoisotopic (exact) mass is 272 g/mol. The minimum Gasteiger partial charge on any atom is -0.310 e. The normalized spacial score (nSPS) is 11.6. The Morgan fingerprint density at radius 2 is 2.00 bits per heavy atom. The zero-order valence-electron chi connectivity index (χ0n) is 13.0. The van der Waals surface area contributed by atoms with Crippen LogP contribution in [0.1, 0.15) is 50.4 Å². The molecular formula is C16H24N4. The average molecular weight is 272 g/mol. The van der Waals surface area contributed by atoms with Gasteiger partial charge < -0.3 is 5.32 Å². The number of hydrogen-bond donors (Lipinski definition) is 1. The lowest BCUT2D eigenvalue weighted by Crippen LogP contribution is -2.22. The zero-order chi connectivity index (χ0) is 14.7. The average Bonchev–Trinajstić information content (AvgIpc) is 2.80. The summed E-state index contributed by atoms with van der Waals surface area (Å²) in [6, 6.07) is 4.54. The lowest BCUT2D eigenvalue weighted by Gasteiger charge is -2.14. The molecule has 0 saturated carbocycles. The molecule has 108 valence electrons. The second-order valence-corrected chi connectivity index (χ2v) is 5.85. The molecule has 0 aromatic carbocycles. The Hall–Kier alpha value is -1.68. The third kappa shape index (κ3) is 3.25. The molecule has 0 bridgehead atoms. The zero-order valence-corrected chi connectivity index (χ0v) is 13.0. The maximum absolute atomic E-state index is 4.54. The Morgan fingerprint density at radius 1 is 1.25 bits per heavy atom. The number of pyridine rings is 1. The van der Waals surface area contributed by atoms with Crippen LogP contribution in [0.15, 0.2) is 24.5 Å². The molecule has 2 heterocycles. The van der Waals surface area contributed by atoms with Gasteiger partial charge in [-0.15, -0.1) is 0 Å². The van der Waals surface area contributed by atoms with Crippen LogP contribution in [-0.2, 0) is 6.54 Å². The highest BCUT2D eigenvalue weighted by Gasteiger charge is 2.16. The molecule has 0 amide bonds. The van der Waals surface area contributed by atoms with Crippen molar-refractivity contribution in [2.75, 3.05) is 0 Å². The van der Waals surface area contributed by atoms with Gasteiger partial charge in [0.05, 0.1) is 11.9 Å².